The molecule has 0 spiro atoms. The second kappa shape index (κ2) is 14.0. The zero-order chi connectivity index (χ0) is 15.7. The van der Waals surface area contributed by atoms with E-state index < -0.39 is 13.9 Å². The van der Waals surface area contributed by atoms with Gasteiger partial charge in [-0.1, -0.05) is 50.1 Å². The first kappa shape index (κ1) is 26.0. The fourth-order valence-corrected chi connectivity index (χ4v) is 2.14. The van der Waals surface area contributed by atoms with Crippen LogP contribution in [0, 0.1) is 0 Å². The Bertz CT molecular complexity index is 495. The van der Waals surface area contributed by atoms with Crippen molar-refractivity contribution in [2.75, 3.05) is 6.61 Å². The van der Waals surface area contributed by atoms with Crippen LogP contribution in [0.1, 0.15) is 44.2 Å². The molecule has 0 aliphatic carbocycles. The quantitative estimate of drug-likeness (QED) is 0.157. The van der Waals surface area contributed by atoms with Gasteiger partial charge >= 0.3 is 59.1 Å². The zero-order valence-electron chi connectivity index (χ0n) is 14.0. The van der Waals surface area contributed by atoms with E-state index in [1.165, 1.54) is 0 Å². The van der Waals surface area contributed by atoms with Gasteiger partial charge < -0.3 is 19.4 Å². The number of nitrogens with zero attached hydrogens (tertiary/aromatic N) is 1. The summed E-state index contributed by atoms with van der Waals surface area (Å²) in [5, 5.41) is 11.8. The molecule has 9 heteroatoms. The molecule has 0 amide bonds. The Kier molecular flexibility index (Phi) is 15.9. The standard InChI is InChI=1S/C14H22NO5P.2Na/c1-2-3-5-10-14(16)15-13(11-20-21(17,18)19)12-8-6-4-7-9-12;;/h4,6-9,13H,2-3,5,10-11H2,1H3,(H,15,16)(H2,17,18,19);;/q;2*+1/p-2/t13-;;/m0../s1. The van der Waals surface area contributed by atoms with Gasteiger partial charge in [0.1, 0.15) is 0 Å². The molecule has 0 aromatic heterocycles. The fraction of sp³-hybridized carbons (Fsp3) is 0.500. The van der Waals surface area contributed by atoms with Crippen LogP contribution in [-0.4, -0.2) is 17.4 Å². The first-order valence-electron chi connectivity index (χ1n) is 6.89. The number of hydrogen-bond acceptors (Lipinski definition) is 5. The van der Waals surface area contributed by atoms with E-state index in [0.717, 1.165) is 19.3 Å². The number of phosphoric ester groups is 1. The van der Waals surface area contributed by atoms with E-state index in [2.05, 4.69) is 9.52 Å². The molecule has 23 heavy (non-hydrogen) atoms. The van der Waals surface area contributed by atoms with Gasteiger partial charge in [0.2, 0.25) is 0 Å². The maximum atomic E-state index is 11.8. The molecular formula is C14H20NNa2O5P. The van der Waals surface area contributed by atoms with Crippen LogP contribution in [0.2, 0.25) is 0 Å². The second-order valence-corrected chi connectivity index (χ2v) is 5.87. The van der Waals surface area contributed by atoms with Gasteiger partial charge in [0.05, 0.1) is 12.6 Å². The van der Waals surface area contributed by atoms with Crippen molar-refractivity contribution >= 4 is 13.7 Å². The second-order valence-electron chi connectivity index (χ2n) is 4.67. The minimum atomic E-state index is -4.83. The molecular weight excluding hydrogens is 339 g/mol. The monoisotopic (exact) mass is 359 g/mol. The number of hydrogen-bond donors (Lipinski definition) is 1. The third-order valence-corrected chi connectivity index (χ3v) is 3.35. The third kappa shape index (κ3) is 12.8. The topological polar surface area (TPSA) is 105 Å². The number of phosphoric acid groups is 1. The molecule has 2 atom stereocenters. The van der Waals surface area contributed by atoms with Gasteiger partial charge in [-0.25, -0.2) is 0 Å². The normalized spacial score (nSPS) is 15.0. The van der Waals surface area contributed by atoms with Crippen molar-refractivity contribution in [2.45, 2.75) is 38.6 Å². The van der Waals surface area contributed by atoms with E-state index in [1.807, 2.05) is 6.92 Å². The molecule has 0 fully saturated rings. The van der Waals surface area contributed by atoms with Crippen molar-refractivity contribution in [3.8, 4) is 0 Å². The van der Waals surface area contributed by atoms with Crippen molar-refractivity contribution in [1.82, 2.24) is 0 Å². The molecule has 0 saturated heterocycles. The predicted molar refractivity (Wildman–Crippen MR) is 76.5 cm³/mol. The predicted octanol–water partition coefficient (Wildman–Crippen LogP) is -4.45. The number of aliphatic imine (C=N–C) groups is 1. The van der Waals surface area contributed by atoms with Crippen molar-refractivity contribution in [1.29, 1.82) is 0 Å². The molecule has 0 heterocycles. The molecule has 1 N–H and O–H groups in total. The largest absolute Gasteiger partial charge is 1.00 e. The molecule has 1 aromatic rings. The molecule has 6 nitrogen and oxygen atoms in total. The SMILES string of the molecule is CCCCCC([O-])=N[C@@H](COP(=O)([O-])O)c1ccccc1.[Na+].[Na+]. The summed E-state index contributed by atoms with van der Waals surface area (Å²) < 4.78 is 15.1. The molecule has 0 bridgehead atoms. The molecule has 1 unspecified atom stereocenters. The smallest absolute Gasteiger partial charge is 0.862 e. The average Bonchev–Trinajstić information content (AvgIpc) is 2.43. The van der Waals surface area contributed by atoms with E-state index in [-0.39, 0.29) is 71.6 Å². The van der Waals surface area contributed by atoms with Crippen LogP contribution in [-0.2, 0) is 9.09 Å². The molecule has 1 aromatic carbocycles. The van der Waals surface area contributed by atoms with Crippen LogP contribution in [0.4, 0.5) is 0 Å². The van der Waals surface area contributed by atoms with Crippen LogP contribution in [0.5, 0.6) is 0 Å². The molecule has 118 valence electrons. The maximum absolute atomic E-state index is 11.8. The Morgan fingerprint density at radius 1 is 1.30 bits per heavy atom. The molecule has 0 saturated carbocycles. The average molecular weight is 359 g/mol. The van der Waals surface area contributed by atoms with E-state index in [1.54, 1.807) is 30.3 Å². The zero-order valence-corrected chi connectivity index (χ0v) is 18.9. The van der Waals surface area contributed by atoms with Crippen molar-refractivity contribution in [3.63, 3.8) is 0 Å². The van der Waals surface area contributed by atoms with E-state index in [9.17, 15) is 14.6 Å². The molecule has 0 aliphatic rings. The number of rotatable bonds is 9. The van der Waals surface area contributed by atoms with Crippen LogP contribution >= 0.6 is 7.82 Å². The van der Waals surface area contributed by atoms with E-state index in [4.69, 9.17) is 4.89 Å². The van der Waals surface area contributed by atoms with Crippen LogP contribution < -0.4 is 69.1 Å². The summed E-state index contributed by atoms with van der Waals surface area (Å²) >= 11 is 0. The Morgan fingerprint density at radius 3 is 2.43 bits per heavy atom. The number of benzene rings is 1. The van der Waals surface area contributed by atoms with Crippen LogP contribution in [0.25, 0.3) is 0 Å². The summed E-state index contributed by atoms with van der Waals surface area (Å²) in [7, 11) is -4.83. The first-order valence-corrected chi connectivity index (χ1v) is 8.39. The van der Waals surface area contributed by atoms with Gasteiger partial charge in [0, 0.05) is 0 Å². The van der Waals surface area contributed by atoms with Crippen molar-refractivity contribution < 1.29 is 83.1 Å². The van der Waals surface area contributed by atoms with Gasteiger partial charge in [-0.05, 0) is 24.3 Å². The van der Waals surface area contributed by atoms with E-state index in [0.29, 0.717) is 12.0 Å². The minimum Gasteiger partial charge on any atom is -0.862 e. The van der Waals surface area contributed by atoms with Gasteiger partial charge in [0.15, 0.2) is 0 Å². The Hall–Kier alpha value is 0.800. The van der Waals surface area contributed by atoms with Crippen molar-refractivity contribution in [3.05, 3.63) is 35.9 Å². The summed E-state index contributed by atoms with van der Waals surface area (Å²) in [6.07, 6.45) is 3.02. The molecule has 0 aliphatic heterocycles. The summed E-state index contributed by atoms with van der Waals surface area (Å²) in [6, 6.07) is 8.03. The summed E-state index contributed by atoms with van der Waals surface area (Å²) in [6.45, 7) is 1.65. The minimum absolute atomic E-state index is 0. The maximum Gasteiger partial charge on any atom is 1.00 e. The number of unbranched alkanes of at least 4 members (excludes halogenated alkanes) is 2. The van der Waals surface area contributed by atoms with Gasteiger partial charge in [0.25, 0.3) is 7.82 Å². The van der Waals surface area contributed by atoms with E-state index >= 15 is 0 Å². The van der Waals surface area contributed by atoms with Crippen molar-refractivity contribution in [2.24, 2.45) is 4.99 Å². The summed E-state index contributed by atoms with van der Waals surface area (Å²) in [5.74, 6) is -0.292. The van der Waals surface area contributed by atoms with Gasteiger partial charge in [-0.3, -0.25) is 9.56 Å². The first-order chi connectivity index (χ1) is 9.92. The Morgan fingerprint density at radius 2 is 1.91 bits per heavy atom. The third-order valence-electron chi connectivity index (χ3n) is 2.87. The summed E-state index contributed by atoms with van der Waals surface area (Å²) in [4.78, 5) is 23.4. The Balaban J connectivity index is 0. The summed E-state index contributed by atoms with van der Waals surface area (Å²) in [5.41, 5.74) is 0.662. The molecule has 0 radical (unpaired) electrons. The molecule has 1 rings (SSSR count). The van der Waals surface area contributed by atoms with Gasteiger partial charge in [-0.2, -0.15) is 0 Å². The van der Waals surface area contributed by atoms with Gasteiger partial charge in [-0.15, -0.1) is 0 Å². The van der Waals surface area contributed by atoms with Crippen LogP contribution in [0.3, 0.4) is 0 Å². The van der Waals surface area contributed by atoms with Crippen LogP contribution in [0.15, 0.2) is 35.3 Å². The Labute approximate surface area is 181 Å². The fourth-order valence-electron chi connectivity index (χ4n) is 1.81.